The van der Waals surface area contributed by atoms with Gasteiger partial charge in [-0.1, -0.05) is 29.8 Å². The number of ether oxygens (including phenoxy) is 3. The van der Waals surface area contributed by atoms with E-state index in [1.54, 1.807) is 19.9 Å². The van der Waals surface area contributed by atoms with Gasteiger partial charge in [-0.15, -0.1) is 0 Å². The number of carbonyl (C=O) groups excluding carboxylic acids is 1. The van der Waals surface area contributed by atoms with Gasteiger partial charge < -0.3 is 14.2 Å². The average Bonchev–Trinajstić information content (AvgIpc) is 2.94. The molecule has 2 heterocycles. The van der Waals surface area contributed by atoms with Crippen molar-refractivity contribution in [1.29, 1.82) is 0 Å². The summed E-state index contributed by atoms with van der Waals surface area (Å²) in [5.41, 5.74) is -0.757. The Labute approximate surface area is 250 Å². The third-order valence-electron chi connectivity index (χ3n) is 6.32. The van der Waals surface area contributed by atoms with Gasteiger partial charge in [0.15, 0.2) is 4.90 Å². The molecule has 1 aliphatic rings. The number of aromatic nitrogens is 1. The first-order chi connectivity index (χ1) is 20.2. The molecule has 230 valence electrons. The molecule has 0 saturated carbocycles. The number of alkyl halides is 3. The number of pyridine rings is 1. The fourth-order valence-electron chi connectivity index (χ4n) is 4.24. The van der Waals surface area contributed by atoms with Crippen molar-refractivity contribution in [2.75, 3.05) is 18.0 Å². The number of rotatable bonds is 9. The van der Waals surface area contributed by atoms with E-state index in [1.807, 2.05) is 0 Å². The van der Waals surface area contributed by atoms with Crippen LogP contribution in [-0.4, -0.2) is 45.2 Å². The van der Waals surface area contributed by atoms with Crippen LogP contribution in [0.1, 0.15) is 43.4 Å². The molecule has 3 aromatic rings. The van der Waals surface area contributed by atoms with Crippen molar-refractivity contribution < 1.29 is 45.0 Å². The molecule has 0 radical (unpaired) electrons. The van der Waals surface area contributed by atoms with Crippen LogP contribution in [0.25, 0.3) is 12.2 Å². The number of nitrogens with zero attached hydrogens (tertiary/aromatic N) is 2. The van der Waals surface area contributed by atoms with Crippen LogP contribution >= 0.6 is 11.6 Å². The summed E-state index contributed by atoms with van der Waals surface area (Å²) in [5, 5.41) is 0.157. The number of methoxy groups -OCH3 is 1. The Balaban J connectivity index is 1.83. The monoisotopic (exact) mass is 642 g/mol. The van der Waals surface area contributed by atoms with Crippen LogP contribution in [0.4, 0.5) is 23.2 Å². The van der Waals surface area contributed by atoms with Gasteiger partial charge in [-0.05, 0) is 62.2 Å². The third-order valence-corrected chi connectivity index (χ3v) is 8.42. The first-order valence-corrected chi connectivity index (χ1v) is 14.8. The van der Waals surface area contributed by atoms with Gasteiger partial charge in [-0.3, -0.25) is 9.10 Å². The number of esters is 1. The predicted molar refractivity (Wildman–Crippen MR) is 152 cm³/mol. The van der Waals surface area contributed by atoms with E-state index in [0.29, 0.717) is 17.8 Å². The fourth-order valence-corrected chi connectivity index (χ4v) is 6.07. The Bertz CT molecular complexity index is 1630. The third kappa shape index (κ3) is 7.39. The highest BCUT2D eigenvalue weighted by atomic mass is 35.5. The molecule has 0 spiro atoms. The number of hydrogen-bond donors (Lipinski definition) is 0. The summed E-state index contributed by atoms with van der Waals surface area (Å²) in [6, 6.07) is 9.14. The molecule has 1 aliphatic heterocycles. The van der Waals surface area contributed by atoms with Crippen LogP contribution in [0.5, 0.6) is 11.6 Å². The number of carbonyl (C=O) groups is 1. The number of sulfonamides is 1. The van der Waals surface area contributed by atoms with Gasteiger partial charge in [0.2, 0.25) is 5.88 Å². The zero-order valence-electron chi connectivity index (χ0n) is 23.2. The topological polar surface area (TPSA) is 95.0 Å². The summed E-state index contributed by atoms with van der Waals surface area (Å²) in [5.74, 6) is -1.53. The van der Waals surface area contributed by atoms with Gasteiger partial charge in [-0.25, -0.2) is 17.8 Å². The lowest BCUT2D eigenvalue weighted by Crippen LogP contribution is -2.44. The second-order valence-electron chi connectivity index (χ2n) is 9.78. The zero-order chi connectivity index (χ0) is 31.5. The van der Waals surface area contributed by atoms with E-state index in [9.17, 15) is 30.8 Å². The molecule has 1 atom stereocenters. The highest BCUT2D eigenvalue weighted by Gasteiger charge is 2.40. The average molecular weight is 643 g/mol. The maximum atomic E-state index is 14.3. The van der Waals surface area contributed by atoms with Crippen molar-refractivity contribution in [2.24, 2.45) is 0 Å². The molecule has 0 aliphatic carbocycles. The molecule has 8 nitrogen and oxygen atoms in total. The van der Waals surface area contributed by atoms with Crippen LogP contribution in [0, 0.1) is 5.82 Å². The lowest BCUT2D eigenvalue weighted by molar-refractivity contribution is -0.141. The summed E-state index contributed by atoms with van der Waals surface area (Å²) in [4.78, 5) is 14.7. The standard InChI is InChI=1S/C29H27ClF4N2O6S/c1-17(2)41-28-26(14-19(15-35-28)29(32,33)34)43(38,39)36-16-20(9-12-27(37)40-3)42-25-11-8-18(13-24(25)36)7-10-21-22(30)5-4-6-23(21)31/h4-8,10-11,13-15,17,20H,9,12,16H2,1-3H3/b10-7+/t20-/m0/s1. The van der Waals surface area contributed by atoms with E-state index in [4.69, 9.17) is 21.1 Å². The Morgan fingerprint density at radius 3 is 2.60 bits per heavy atom. The molecule has 0 fully saturated rings. The Morgan fingerprint density at radius 2 is 1.95 bits per heavy atom. The van der Waals surface area contributed by atoms with Gasteiger partial charge in [0, 0.05) is 18.2 Å². The first-order valence-electron chi connectivity index (χ1n) is 13.0. The van der Waals surface area contributed by atoms with E-state index >= 15 is 0 Å². The molecule has 0 bridgehead atoms. The van der Waals surface area contributed by atoms with Crippen molar-refractivity contribution in [3.8, 4) is 11.6 Å². The van der Waals surface area contributed by atoms with E-state index in [1.165, 1.54) is 49.6 Å². The number of halogens is 5. The Hall–Kier alpha value is -3.84. The normalized spacial score (nSPS) is 15.4. The minimum Gasteiger partial charge on any atom is -0.486 e. The SMILES string of the molecule is COC(=O)CC[C@H]1CN(S(=O)(=O)c2cc(C(F)(F)F)cnc2OC(C)C)c2cc(/C=C/c3c(F)cccc3Cl)ccc2O1. The van der Waals surface area contributed by atoms with Gasteiger partial charge >= 0.3 is 12.1 Å². The van der Waals surface area contributed by atoms with Gasteiger partial charge in [0.05, 0.1) is 36.0 Å². The molecule has 43 heavy (non-hydrogen) atoms. The number of anilines is 1. The Morgan fingerprint density at radius 1 is 1.21 bits per heavy atom. The molecule has 0 saturated heterocycles. The smallest absolute Gasteiger partial charge is 0.417 e. The molecule has 4 rings (SSSR count). The van der Waals surface area contributed by atoms with Gasteiger partial charge in [-0.2, -0.15) is 13.2 Å². The number of hydrogen-bond acceptors (Lipinski definition) is 7. The lowest BCUT2D eigenvalue weighted by atomic mass is 10.1. The van der Waals surface area contributed by atoms with Crippen molar-refractivity contribution in [3.05, 3.63) is 76.2 Å². The van der Waals surface area contributed by atoms with Crippen LogP contribution in [0.15, 0.2) is 53.6 Å². The summed E-state index contributed by atoms with van der Waals surface area (Å²) in [6.45, 7) is 2.79. The molecule has 0 N–H and O–H groups in total. The van der Waals surface area contributed by atoms with Crippen molar-refractivity contribution >= 4 is 45.4 Å². The van der Waals surface area contributed by atoms with Crippen molar-refractivity contribution in [2.45, 2.75) is 50.0 Å². The second kappa shape index (κ2) is 12.8. The molecular weight excluding hydrogens is 616 g/mol. The molecule has 0 amide bonds. The minimum atomic E-state index is -4.88. The van der Waals surface area contributed by atoms with E-state index in [-0.39, 0.29) is 41.4 Å². The Kier molecular flexibility index (Phi) is 9.55. The minimum absolute atomic E-state index is 0.00371. The fraction of sp³-hybridized carbons (Fsp3) is 0.310. The second-order valence-corrected chi connectivity index (χ2v) is 12.0. The summed E-state index contributed by atoms with van der Waals surface area (Å²) in [7, 11) is -3.56. The summed E-state index contributed by atoms with van der Waals surface area (Å²) >= 11 is 6.11. The van der Waals surface area contributed by atoms with E-state index in [2.05, 4.69) is 9.72 Å². The van der Waals surface area contributed by atoms with Crippen LogP contribution in [-0.2, 0) is 25.7 Å². The summed E-state index contributed by atoms with van der Waals surface area (Å²) < 4.78 is 101. The highest BCUT2D eigenvalue weighted by Crippen LogP contribution is 2.41. The van der Waals surface area contributed by atoms with Gasteiger partial charge in [0.25, 0.3) is 10.0 Å². The number of benzene rings is 2. The zero-order valence-corrected chi connectivity index (χ0v) is 24.8. The van der Waals surface area contributed by atoms with Crippen LogP contribution in [0.3, 0.4) is 0 Å². The maximum absolute atomic E-state index is 14.3. The van der Waals surface area contributed by atoms with E-state index < -0.39 is 56.5 Å². The molecule has 1 aromatic heterocycles. The molecule has 14 heteroatoms. The molecule has 0 unspecified atom stereocenters. The first kappa shape index (κ1) is 32.1. The summed E-state index contributed by atoms with van der Waals surface area (Å²) in [6.07, 6.45) is -2.98. The van der Waals surface area contributed by atoms with Crippen LogP contribution in [0.2, 0.25) is 5.02 Å². The maximum Gasteiger partial charge on any atom is 0.417 e. The van der Waals surface area contributed by atoms with E-state index in [0.717, 1.165) is 4.31 Å². The predicted octanol–water partition coefficient (Wildman–Crippen LogP) is 6.76. The van der Waals surface area contributed by atoms with Crippen molar-refractivity contribution in [1.82, 2.24) is 4.98 Å². The largest absolute Gasteiger partial charge is 0.486 e. The molecular formula is C29H27ClF4N2O6S. The number of fused-ring (bicyclic) bond motifs is 1. The quantitative estimate of drug-likeness (QED) is 0.145. The van der Waals surface area contributed by atoms with Crippen molar-refractivity contribution in [3.63, 3.8) is 0 Å². The molecule has 2 aromatic carbocycles. The lowest BCUT2D eigenvalue weighted by Gasteiger charge is -2.36. The highest BCUT2D eigenvalue weighted by molar-refractivity contribution is 7.93. The van der Waals surface area contributed by atoms with Crippen LogP contribution < -0.4 is 13.8 Å². The van der Waals surface area contributed by atoms with Gasteiger partial charge in [0.1, 0.15) is 17.7 Å².